The molecule has 10 heteroatoms. The van der Waals surface area contributed by atoms with Crippen molar-refractivity contribution in [2.45, 2.75) is 13.2 Å². The van der Waals surface area contributed by atoms with Crippen LogP contribution >= 0.6 is 7.75 Å². The van der Waals surface area contributed by atoms with Gasteiger partial charge in [0.1, 0.15) is 17.3 Å². The SMILES string of the molecule is O=[N+]([O-])c1ccc(COCOP(=O)(O)NCc2ccccc2)o1. The minimum atomic E-state index is -4.00. The Hall–Kier alpha value is -2.03. The molecular formula is C13H15N2O7P. The van der Waals surface area contributed by atoms with Gasteiger partial charge in [0, 0.05) is 6.54 Å². The maximum absolute atomic E-state index is 11.7. The lowest BCUT2D eigenvalue weighted by molar-refractivity contribution is -0.402. The molecule has 0 amide bonds. The number of nitro groups is 1. The van der Waals surface area contributed by atoms with Crippen molar-refractivity contribution in [3.63, 3.8) is 0 Å². The van der Waals surface area contributed by atoms with Gasteiger partial charge in [-0.3, -0.25) is 14.6 Å². The second-order valence-corrected chi connectivity index (χ2v) is 6.05. The molecule has 1 heterocycles. The molecule has 1 aromatic carbocycles. The first kappa shape index (κ1) is 17.3. The van der Waals surface area contributed by atoms with Crippen molar-refractivity contribution in [2.75, 3.05) is 6.79 Å². The van der Waals surface area contributed by atoms with Crippen LogP contribution in [0.4, 0.5) is 5.88 Å². The van der Waals surface area contributed by atoms with E-state index in [-0.39, 0.29) is 18.9 Å². The van der Waals surface area contributed by atoms with Gasteiger partial charge in [-0.15, -0.1) is 0 Å². The first-order valence-corrected chi connectivity index (χ1v) is 8.11. The summed E-state index contributed by atoms with van der Waals surface area (Å²) in [5, 5.41) is 12.8. The molecule has 2 aromatic rings. The van der Waals surface area contributed by atoms with E-state index in [1.54, 1.807) is 12.1 Å². The van der Waals surface area contributed by atoms with E-state index < -0.39 is 25.3 Å². The van der Waals surface area contributed by atoms with Crippen molar-refractivity contribution >= 4 is 13.6 Å². The molecule has 0 bridgehead atoms. The number of hydrogen-bond donors (Lipinski definition) is 2. The Kier molecular flexibility index (Phi) is 6.03. The molecule has 1 unspecified atom stereocenters. The van der Waals surface area contributed by atoms with Crippen molar-refractivity contribution in [1.82, 2.24) is 5.09 Å². The highest BCUT2D eigenvalue weighted by Gasteiger charge is 2.19. The van der Waals surface area contributed by atoms with Gasteiger partial charge in [-0.25, -0.2) is 9.65 Å². The number of benzene rings is 1. The van der Waals surface area contributed by atoms with Crippen molar-refractivity contribution in [3.8, 4) is 0 Å². The van der Waals surface area contributed by atoms with E-state index >= 15 is 0 Å². The Morgan fingerprint density at radius 1 is 1.26 bits per heavy atom. The van der Waals surface area contributed by atoms with Gasteiger partial charge in [0.2, 0.25) is 0 Å². The van der Waals surface area contributed by atoms with Crippen molar-refractivity contribution in [2.24, 2.45) is 0 Å². The molecule has 2 N–H and O–H groups in total. The van der Waals surface area contributed by atoms with Crippen molar-refractivity contribution in [1.29, 1.82) is 0 Å². The largest absolute Gasteiger partial charge is 0.433 e. The highest BCUT2D eigenvalue weighted by Crippen LogP contribution is 2.37. The van der Waals surface area contributed by atoms with E-state index in [1.807, 2.05) is 18.2 Å². The van der Waals surface area contributed by atoms with E-state index in [0.717, 1.165) is 5.56 Å². The second kappa shape index (κ2) is 8.00. The Labute approximate surface area is 131 Å². The zero-order valence-corrected chi connectivity index (χ0v) is 12.8. The number of ether oxygens (including phenoxy) is 1. The van der Waals surface area contributed by atoms with Gasteiger partial charge in [0.15, 0.2) is 6.79 Å². The molecule has 2 rings (SSSR count). The summed E-state index contributed by atoms with van der Waals surface area (Å²) in [5.74, 6) is -0.188. The van der Waals surface area contributed by atoms with E-state index in [2.05, 4.69) is 5.09 Å². The normalized spacial score (nSPS) is 13.6. The molecule has 23 heavy (non-hydrogen) atoms. The maximum atomic E-state index is 11.7. The van der Waals surface area contributed by atoms with Gasteiger partial charge in [0.05, 0.1) is 6.07 Å². The summed E-state index contributed by atoms with van der Waals surface area (Å²) in [5.41, 5.74) is 0.828. The molecule has 0 saturated carbocycles. The molecule has 1 aromatic heterocycles. The first-order valence-electron chi connectivity index (χ1n) is 6.53. The maximum Gasteiger partial charge on any atom is 0.433 e. The summed E-state index contributed by atoms with van der Waals surface area (Å²) >= 11 is 0. The molecule has 124 valence electrons. The van der Waals surface area contributed by atoms with Crippen LogP contribution in [0.5, 0.6) is 0 Å². The van der Waals surface area contributed by atoms with Crippen LogP contribution in [-0.4, -0.2) is 16.6 Å². The minimum Gasteiger partial charge on any atom is -0.403 e. The smallest absolute Gasteiger partial charge is 0.403 e. The Bertz CT molecular complexity index is 689. The van der Waals surface area contributed by atoms with E-state index in [9.17, 15) is 19.6 Å². The van der Waals surface area contributed by atoms with Crippen LogP contribution in [-0.2, 0) is 27.0 Å². The molecule has 0 aliphatic rings. The molecule has 0 saturated heterocycles. The lowest BCUT2D eigenvalue weighted by Crippen LogP contribution is -2.13. The van der Waals surface area contributed by atoms with Crippen LogP contribution in [0.25, 0.3) is 0 Å². The summed E-state index contributed by atoms with van der Waals surface area (Å²) in [4.78, 5) is 19.3. The first-order chi connectivity index (χ1) is 11.0. The van der Waals surface area contributed by atoms with Gasteiger partial charge in [-0.05, 0) is 11.6 Å². The number of furan rings is 1. The second-order valence-electron chi connectivity index (χ2n) is 4.43. The lowest BCUT2D eigenvalue weighted by Gasteiger charge is -2.13. The lowest BCUT2D eigenvalue weighted by atomic mass is 10.2. The van der Waals surface area contributed by atoms with Gasteiger partial charge in [0.25, 0.3) is 0 Å². The average molecular weight is 342 g/mol. The standard InChI is InChI=1S/C13H15N2O7P/c16-15(17)13-7-6-12(22-13)9-20-10-21-23(18,19)14-8-11-4-2-1-3-5-11/h1-7H,8-10H2,(H2,14,18,19). The number of hydrogen-bond acceptors (Lipinski definition) is 6. The van der Waals surface area contributed by atoms with Gasteiger partial charge < -0.3 is 14.0 Å². The van der Waals surface area contributed by atoms with Gasteiger partial charge in [-0.2, -0.15) is 0 Å². The monoisotopic (exact) mass is 342 g/mol. The zero-order chi connectivity index (χ0) is 16.7. The topological polar surface area (TPSA) is 124 Å². The summed E-state index contributed by atoms with van der Waals surface area (Å²) in [6.45, 7) is -0.421. The van der Waals surface area contributed by atoms with E-state index in [4.69, 9.17) is 13.7 Å². The molecule has 9 nitrogen and oxygen atoms in total. The predicted molar refractivity (Wildman–Crippen MR) is 79.2 cm³/mol. The molecule has 0 radical (unpaired) electrons. The quantitative estimate of drug-likeness (QED) is 0.234. The average Bonchev–Trinajstić information content (AvgIpc) is 3.00. The fourth-order valence-electron chi connectivity index (χ4n) is 1.63. The molecular weight excluding hydrogens is 327 g/mol. The van der Waals surface area contributed by atoms with Gasteiger partial charge in [-0.1, -0.05) is 30.3 Å². The number of rotatable bonds is 9. The Morgan fingerprint density at radius 2 is 2.00 bits per heavy atom. The van der Waals surface area contributed by atoms with Crippen LogP contribution < -0.4 is 5.09 Å². The van der Waals surface area contributed by atoms with E-state index in [0.29, 0.717) is 0 Å². The summed E-state index contributed by atoms with van der Waals surface area (Å²) < 4.78 is 26.3. The molecule has 0 aliphatic carbocycles. The summed E-state index contributed by atoms with van der Waals surface area (Å²) in [6, 6.07) is 11.6. The number of nitrogens with zero attached hydrogens (tertiary/aromatic N) is 1. The molecule has 0 fully saturated rings. The third kappa shape index (κ3) is 5.93. The highest BCUT2D eigenvalue weighted by molar-refractivity contribution is 7.50. The fraction of sp³-hybridized carbons (Fsp3) is 0.231. The van der Waals surface area contributed by atoms with Crippen molar-refractivity contribution in [3.05, 3.63) is 63.9 Å². The number of nitrogens with one attached hydrogen (secondary N) is 1. The predicted octanol–water partition coefficient (Wildman–Crippen LogP) is 2.57. The van der Waals surface area contributed by atoms with Crippen LogP contribution in [0, 0.1) is 10.1 Å². The zero-order valence-electron chi connectivity index (χ0n) is 12.0. The van der Waals surface area contributed by atoms with E-state index in [1.165, 1.54) is 12.1 Å². The summed E-state index contributed by atoms with van der Waals surface area (Å²) in [6.07, 6.45) is 0. The minimum absolute atomic E-state index is 0.119. The van der Waals surface area contributed by atoms with Crippen molar-refractivity contribution < 1.29 is 28.1 Å². The fourth-order valence-corrected chi connectivity index (χ4v) is 2.32. The summed E-state index contributed by atoms with van der Waals surface area (Å²) in [7, 11) is -4.00. The van der Waals surface area contributed by atoms with Crippen LogP contribution in [0.15, 0.2) is 46.9 Å². The highest BCUT2D eigenvalue weighted by atomic mass is 31.2. The molecule has 1 atom stereocenters. The van der Waals surface area contributed by atoms with Crippen LogP contribution in [0.2, 0.25) is 0 Å². The molecule has 0 aliphatic heterocycles. The van der Waals surface area contributed by atoms with Crippen LogP contribution in [0.1, 0.15) is 11.3 Å². The third-order valence-corrected chi connectivity index (χ3v) is 3.72. The Balaban J connectivity index is 1.69. The third-order valence-electron chi connectivity index (χ3n) is 2.71. The van der Waals surface area contributed by atoms with Gasteiger partial charge >= 0.3 is 13.6 Å². The Morgan fingerprint density at radius 3 is 2.65 bits per heavy atom. The van der Waals surface area contributed by atoms with Crippen LogP contribution in [0.3, 0.4) is 0 Å². The molecule has 0 spiro atoms.